The van der Waals surface area contributed by atoms with Crippen LogP contribution in [0.25, 0.3) is 124 Å². The summed E-state index contributed by atoms with van der Waals surface area (Å²) >= 11 is 3.63. The van der Waals surface area contributed by atoms with Gasteiger partial charge in [-0.2, -0.15) is 0 Å². The second-order valence-electron chi connectivity index (χ2n) is 15.2. The van der Waals surface area contributed by atoms with Gasteiger partial charge in [0.25, 0.3) is 0 Å². The third-order valence-electron chi connectivity index (χ3n) is 11.8. The molecule has 0 saturated carbocycles. The van der Waals surface area contributed by atoms with Crippen molar-refractivity contribution < 1.29 is 0 Å². The van der Waals surface area contributed by atoms with E-state index in [1.165, 1.54) is 72.7 Å². The minimum absolute atomic E-state index is 0.636. The fourth-order valence-electron chi connectivity index (χ4n) is 9.07. The SMILES string of the molecule is c1ccc(-c2nc(-c3cc4sc5cc6ccccc6cc5c4cc3-n3c4ccccc4c4cc5ccccc5cc43)nc(-c3cccc4sc5ccccc5c34)n2)cc1. The Kier molecular flexibility index (Phi) is 7.02. The molecule has 0 N–H and O–H groups in total. The predicted molar refractivity (Wildman–Crippen MR) is 251 cm³/mol. The minimum atomic E-state index is 0.636. The summed E-state index contributed by atoms with van der Waals surface area (Å²) in [4.78, 5) is 16.2. The largest absolute Gasteiger partial charge is 0.308 e. The molecule has 0 fully saturated rings. The average Bonchev–Trinajstić information content (AvgIpc) is 3.95. The monoisotopic (exact) mass is 786 g/mol. The molecule has 0 radical (unpaired) electrons. The number of para-hydroxylation sites is 1. The van der Waals surface area contributed by atoms with Gasteiger partial charge in [-0.3, -0.25) is 0 Å². The number of hydrogen-bond acceptors (Lipinski definition) is 5. The van der Waals surface area contributed by atoms with E-state index < -0.39 is 0 Å². The molecule has 0 aliphatic rings. The van der Waals surface area contributed by atoms with Gasteiger partial charge in [0.15, 0.2) is 17.5 Å². The molecular formula is C53H30N4S2. The number of fused-ring (bicyclic) bond motifs is 11. The Morgan fingerprint density at radius 1 is 0.339 bits per heavy atom. The van der Waals surface area contributed by atoms with E-state index in [2.05, 4.69) is 168 Å². The lowest BCUT2D eigenvalue weighted by molar-refractivity contribution is 1.07. The first-order valence-electron chi connectivity index (χ1n) is 19.8. The van der Waals surface area contributed by atoms with Crippen LogP contribution in [0.5, 0.6) is 0 Å². The zero-order valence-electron chi connectivity index (χ0n) is 31.4. The van der Waals surface area contributed by atoms with E-state index in [1.54, 1.807) is 11.3 Å². The van der Waals surface area contributed by atoms with Crippen LogP contribution in [0, 0.1) is 0 Å². The van der Waals surface area contributed by atoms with Gasteiger partial charge in [-0.15, -0.1) is 22.7 Å². The number of aromatic nitrogens is 4. The van der Waals surface area contributed by atoms with Gasteiger partial charge in [-0.25, -0.2) is 15.0 Å². The van der Waals surface area contributed by atoms with Crippen molar-refractivity contribution in [3.8, 4) is 39.9 Å². The molecule has 0 amide bonds. The summed E-state index contributed by atoms with van der Waals surface area (Å²) in [5, 5.41) is 12.2. The van der Waals surface area contributed by atoms with Gasteiger partial charge in [0.2, 0.25) is 0 Å². The van der Waals surface area contributed by atoms with Crippen LogP contribution in [-0.4, -0.2) is 19.5 Å². The van der Waals surface area contributed by atoms with Gasteiger partial charge in [0, 0.05) is 67.8 Å². The third-order valence-corrected chi connectivity index (χ3v) is 14.0. The number of nitrogens with zero attached hydrogens (tertiary/aromatic N) is 4. The quantitative estimate of drug-likeness (QED) is 0.178. The van der Waals surface area contributed by atoms with Crippen LogP contribution >= 0.6 is 22.7 Å². The molecule has 0 saturated heterocycles. The minimum Gasteiger partial charge on any atom is -0.308 e. The summed E-state index contributed by atoms with van der Waals surface area (Å²) in [7, 11) is 0. The molecule has 4 nitrogen and oxygen atoms in total. The Hall–Kier alpha value is -7.25. The van der Waals surface area contributed by atoms with E-state index in [9.17, 15) is 0 Å². The molecule has 0 spiro atoms. The molecule has 0 bridgehead atoms. The summed E-state index contributed by atoms with van der Waals surface area (Å²) < 4.78 is 7.34. The number of benzene rings is 9. The van der Waals surface area contributed by atoms with E-state index in [-0.39, 0.29) is 0 Å². The Balaban J connectivity index is 1.17. The second-order valence-corrected chi connectivity index (χ2v) is 17.3. The van der Waals surface area contributed by atoms with E-state index in [0.29, 0.717) is 17.5 Å². The van der Waals surface area contributed by atoms with Gasteiger partial charge in [0.05, 0.1) is 16.7 Å². The zero-order valence-corrected chi connectivity index (χ0v) is 33.1. The first-order valence-corrected chi connectivity index (χ1v) is 21.4. The van der Waals surface area contributed by atoms with E-state index in [0.717, 1.165) is 33.4 Å². The molecule has 0 unspecified atom stereocenters. The molecular weight excluding hydrogens is 757 g/mol. The van der Waals surface area contributed by atoms with Crippen molar-refractivity contribution in [2.75, 3.05) is 0 Å². The number of thiophene rings is 2. The third kappa shape index (κ3) is 5.04. The Morgan fingerprint density at radius 2 is 0.915 bits per heavy atom. The van der Waals surface area contributed by atoms with Gasteiger partial charge < -0.3 is 4.57 Å². The number of hydrogen-bond donors (Lipinski definition) is 0. The highest BCUT2D eigenvalue weighted by atomic mass is 32.1. The molecule has 59 heavy (non-hydrogen) atoms. The summed E-state index contributed by atoms with van der Waals surface area (Å²) in [5.74, 6) is 1.94. The second kappa shape index (κ2) is 12.6. The summed E-state index contributed by atoms with van der Waals surface area (Å²) in [6, 6.07) is 65.6. The Bertz CT molecular complexity index is 3860. The maximum atomic E-state index is 5.50. The van der Waals surface area contributed by atoms with Crippen LogP contribution in [0.2, 0.25) is 0 Å². The molecule has 9 aromatic carbocycles. The van der Waals surface area contributed by atoms with Crippen LogP contribution < -0.4 is 0 Å². The highest BCUT2D eigenvalue weighted by molar-refractivity contribution is 7.26. The van der Waals surface area contributed by atoms with Crippen molar-refractivity contribution >= 4 is 106 Å². The average molecular weight is 787 g/mol. The van der Waals surface area contributed by atoms with Crippen LogP contribution in [0.4, 0.5) is 0 Å². The molecule has 4 heterocycles. The lowest BCUT2D eigenvalue weighted by Gasteiger charge is -2.16. The highest BCUT2D eigenvalue weighted by Crippen LogP contribution is 2.45. The van der Waals surface area contributed by atoms with Crippen molar-refractivity contribution in [3.63, 3.8) is 0 Å². The molecule has 4 aromatic heterocycles. The normalized spacial score (nSPS) is 12.1. The predicted octanol–water partition coefficient (Wildman–Crippen LogP) is 15.0. The smallest absolute Gasteiger partial charge is 0.166 e. The molecule has 13 aromatic rings. The van der Waals surface area contributed by atoms with Gasteiger partial charge >= 0.3 is 0 Å². The standard InChI is InChI=1S/C53H30N4S2/c1-2-13-31(14-3-1)51-54-52(38-21-12-24-47-50(38)37-20-9-11-23-46(37)58-47)56-53(55-51)42-30-49-41(40-26-33-16-5-7-18-35(33)28-48(40)59-49)29-45(42)57-43-22-10-8-19-36(43)39-25-32-15-4-6-17-34(32)27-44(39)57/h1-30H. The van der Waals surface area contributed by atoms with Gasteiger partial charge in [0.1, 0.15) is 0 Å². The van der Waals surface area contributed by atoms with Crippen LogP contribution in [0.3, 0.4) is 0 Å². The molecule has 0 aliphatic carbocycles. The number of rotatable bonds is 4. The fourth-order valence-corrected chi connectivity index (χ4v) is 11.4. The summed E-state index contributed by atoms with van der Waals surface area (Å²) in [6.45, 7) is 0. The highest BCUT2D eigenvalue weighted by Gasteiger charge is 2.23. The first-order chi connectivity index (χ1) is 29.2. The van der Waals surface area contributed by atoms with Crippen molar-refractivity contribution in [2.24, 2.45) is 0 Å². The maximum Gasteiger partial charge on any atom is 0.166 e. The molecule has 274 valence electrons. The summed E-state index contributed by atoms with van der Waals surface area (Å²) in [5.41, 5.74) is 6.20. The van der Waals surface area contributed by atoms with Crippen molar-refractivity contribution in [3.05, 3.63) is 182 Å². The van der Waals surface area contributed by atoms with E-state index in [1.807, 2.05) is 29.5 Å². The molecule has 0 aliphatic heterocycles. The van der Waals surface area contributed by atoms with Gasteiger partial charge in [-0.05, 0) is 76.1 Å². The van der Waals surface area contributed by atoms with E-state index >= 15 is 0 Å². The van der Waals surface area contributed by atoms with Gasteiger partial charge in [-0.1, -0.05) is 127 Å². The molecule has 13 rings (SSSR count). The van der Waals surface area contributed by atoms with Crippen molar-refractivity contribution in [1.82, 2.24) is 19.5 Å². The van der Waals surface area contributed by atoms with Crippen molar-refractivity contribution in [2.45, 2.75) is 0 Å². The topological polar surface area (TPSA) is 43.6 Å². The van der Waals surface area contributed by atoms with Crippen LogP contribution in [0.1, 0.15) is 0 Å². The fraction of sp³-hybridized carbons (Fsp3) is 0. The van der Waals surface area contributed by atoms with Crippen LogP contribution in [0.15, 0.2) is 182 Å². The Morgan fingerprint density at radius 3 is 1.73 bits per heavy atom. The van der Waals surface area contributed by atoms with Crippen LogP contribution in [-0.2, 0) is 0 Å². The molecule has 6 heteroatoms. The van der Waals surface area contributed by atoms with Crippen molar-refractivity contribution in [1.29, 1.82) is 0 Å². The summed E-state index contributed by atoms with van der Waals surface area (Å²) in [6.07, 6.45) is 0. The molecule has 0 atom stereocenters. The maximum absolute atomic E-state index is 5.50. The Labute approximate surface area is 345 Å². The lowest BCUT2D eigenvalue weighted by atomic mass is 10.0. The first kappa shape index (κ1) is 32.8. The lowest BCUT2D eigenvalue weighted by Crippen LogP contribution is -2.04. The van der Waals surface area contributed by atoms with E-state index in [4.69, 9.17) is 15.0 Å². The zero-order chi connectivity index (χ0) is 38.6.